The molecular weight excluding hydrogens is 464 g/mol. The number of nitrogens with zero attached hydrogens (tertiary/aromatic N) is 1. The van der Waals surface area contributed by atoms with Gasteiger partial charge in [0.2, 0.25) is 0 Å². The van der Waals surface area contributed by atoms with E-state index in [0.29, 0.717) is 31.7 Å². The van der Waals surface area contributed by atoms with Crippen LogP contribution >= 0.6 is 46.4 Å². The van der Waals surface area contributed by atoms with Crippen LogP contribution in [0.1, 0.15) is 37.1 Å². The molecule has 1 fully saturated rings. The quantitative estimate of drug-likeness (QED) is 0.375. The van der Waals surface area contributed by atoms with Gasteiger partial charge in [-0.2, -0.15) is 0 Å². The number of aromatic amines is 1. The first-order chi connectivity index (χ1) is 14.5. The third-order valence-electron chi connectivity index (χ3n) is 5.51. The van der Waals surface area contributed by atoms with Gasteiger partial charge in [-0.15, -0.1) is 0 Å². The Bertz CT molecular complexity index is 1030. The number of piperidine rings is 1. The summed E-state index contributed by atoms with van der Waals surface area (Å²) in [6.45, 7) is 2.49. The van der Waals surface area contributed by atoms with Gasteiger partial charge in [-0.1, -0.05) is 46.4 Å². The van der Waals surface area contributed by atoms with Crippen molar-refractivity contribution in [2.24, 2.45) is 5.92 Å². The molecule has 8 heteroatoms. The summed E-state index contributed by atoms with van der Waals surface area (Å²) in [5.74, 6) is 1.98. The maximum Gasteiger partial charge on any atom is 0.146 e. The molecule has 160 valence electrons. The lowest BCUT2D eigenvalue weighted by Crippen LogP contribution is -2.29. The molecule has 0 aliphatic carbocycles. The molecule has 1 aliphatic heterocycles. The first-order valence-corrected chi connectivity index (χ1v) is 11.7. The molecule has 0 bridgehead atoms. The highest BCUT2D eigenvalue weighted by Crippen LogP contribution is 2.34. The average molecular weight is 487 g/mol. The Hall–Kier alpha value is -1.17. The molecule has 0 amide bonds. The Balaban J connectivity index is 1.49. The topological polar surface area (TPSA) is 49.9 Å². The highest BCUT2D eigenvalue weighted by Gasteiger charge is 2.17. The summed E-state index contributed by atoms with van der Waals surface area (Å²) in [7, 11) is 0. The number of aryl methyl sites for hydroxylation is 1. The lowest BCUT2D eigenvalue weighted by atomic mass is 9.93. The second kappa shape index (κ2) is 9.97. The minimum Gasteiger partial charge on any atom is -0.484 e. The molecule has 2 heterocycles. The number of fused-ring (bicyclic) bond motifs is 1. The summed E-state index contributed by atoms with van der Waals surface area (Å²) in [5, 5.41) is 5.63. The average Bonchev–Trinajstić information content (AvgIpc) is 3.13. The van der Waals surface area contributed by atoms with Crippen molar-refractivity contribution < 1.29 is 4.74 Å². The van der Waals surface area contributed by atoms with Crippen LogP contribution in [0.5, 0.6) is 5.75 Å². The van der Waals surface area contributed by atoms with E-state index in [9.17, 15) is 0 Å². The Morgan fingerprint density at radius 1 is 1.10 bits per heavy atom. The first-order valence-electron chi connectivity index (χ1n) is 10.2. The summed E-state index contributed by atoms with van der Waals surface area (Å²) in [4.78, 5) is 8.02. The normalized spacial score (nSPS) is 16.9. The van der Waals surface area contributed by atoms with Crippen LogP contribution in [-0.2, 0) is 13.0 Å². The Morgan fingerprint density at radius 2 is 1.97 bits per heavy atom. The van der Waals surface area contributed by atoms with E-state index in [1.807, 2.05) is 6.07 Å². The number of ether oxygens (including phenoxy) is 1. The molecule has 0 radical (unpaired) electrons. The van der Waals surface area contributed by atoms with Crippen LogP contribution in [0.15, 0.2) is 24.3 Å². The smallest absolute Gasteiger partial charge is 0.146 e. The first kappa shape index (κ1) is 22.0. The van der Waals surface area contributed by atoms with E-state index < -0.39 is 0 Å². The summed E-state index contributed by atoms with van der Waals surface area (Å²) in [6, 6.07) is 6.95. The van der Waals surface area contributed by atoms with E-state index in [0.717, 1.165) is 48.4 Å². The van der Waals surface area contributed by atoms with Crippen LogP contribution in [0.4, 0.5) is 0 Å². The van der Waals surface area contributed by atoms with Gasteiger partial charge in [0.05, 0.1) is 26.1 Å². The van der Waals surface area contributed by atoms with Gasteiger partial charge in [-0.3, -0.25) is 0 Å². The molecule has 2 aromatic carbocycles. The van der Waals surface area contributed by atoms with E-state index >= 15 is 0 Å². The van der Waals surface area contributed by atoms with Gasteiger partial charge < -0.3 is 15.0 Å². The molecule has 4 rings (SSSR count). The van der Waals surface area contributed by atoms with Crippen molar-refractivity contribution in [2.45, 2.75) is 38.7 Å². The number of hydrogen-bond acceptors (Lipinski definition) is 3. The summed E-state index contributed by atoms with van der Waals surface area (Å²) < 4.78 is 5.81. The van der Waals surface area contributed by atoms with Crippen LogP contribution in [0, 0.1) is 5.92 Å². The van der Waals surface area contributed by atoms with Crippen LogP contribution in [0.3, 0.4) is 0 Å². The summed E-state index contributed by atoms with van der Waals surface area (Å²) in [5.41, 5.74) is 2.71. The fourth-order valence-electron chi connectivity index (χ4n) is 3.98. The molecule has 0 spiro atoms. The number of H-pyrrole nitrogens is 1. The Kier molecular flexibility index (Phi) is 7.32. The lowest BCUT2D eigenvalue weighted by molar-refractivity contribution is 0.297. The lowest BCUT2D eigenvalue weighted by Gasteiger charge is -2.22. The molecule has 30 heavy (non-hydrogen) atoms. The molecule has 0 saturated carbocycles. The summed E-state index contributed by atoms with van der Waals surface area (Å²) in [6.07, 6.45) is 5.63. The Morgan fingerprint density at radius 3 is 2.73 bits per heavy atom. The van der Waals surface area contributed by atoms with Crippen molar-refractivity contribution in [3.8, 4) is 5.75 Å². The standard InChI is InChI=1S/C22H23Cl4N3O/c23-14-6-7-19(16(24)9-14)30-12-20-28-18-10-17(25)21(26)15(22(18)29-20)5-1-3-13-4-2-8-27-11-13/h6-7,9-10,13,27H,1-5,8,11-12H2,(H,28,29). The molecule has 1 saturated heterocycles. The number of rotatable bonds is 7. The fraction of sp³-hybridized carbons (Fsp3) is 0.409. The van der Waals surface area contributed by atoms with Gasteiger partial charge in [0.15, 0.2) is 0 Å². The fourth-order valence-corrected chi connectivity index (χ4v) is 4.91. The van der Waals surface area contributed by atoms with Crippen molar-refractivity contribution in [3.05, 3.63) is 55.7 Å². The van der Waals surface area contributed by atoms with Gasteiger partial charge in [0.25, 0.3) is 0 Å². The molecule has 1 aromatic heterocycles. The second-order valence-electron chi connectivity index (χ2n) is 7.70. The van der Waals surface area contributed by atoms with E-state index in [2.05, 4.69) is 10.3 Å². The monoisotopic (exact) mass is 485 g/mol. The molecule has 4 nitrogen and oxygen atoms in total. The van der Waals surface area contributed by atoms with E-state index in [-0.39, 0.29) is 6.61 Å². The van der Waals surface area contributed by atoms with Gasteiger partial charge in [0.1, 0.15) is 18.2 Å². The number of benzene rings is 2. The molecule has 1 unspecified atom stereocenters. The maximum absolute atomic E-state index is 6.55. The zero-order valence-corrected chi connectivity index (χ0v) is 19.4. The van der Waals surface area contributed by atoms with Gasteiger partial charge in [0, 0.05) is 10.6 Å². The predicted octanol–water partition coefficient (Wildman–Crippen LogP) is 7.08. The number of halogens is 4. The minimum atomic E-state index is 0.248. The van der Waals surface area contributed by atoms with Crippen LogP contribution < -0.4 is 10.1 Å². The minimum absolute atomic E-state index is 0.248. The zero-order valence-electron chi connectivity index (χ0n) is 16.4. The van der Waals surface area contributed by atoms with Crippen molar-refractivity contribution in [1.82, 2.24) is 15.3 Å². The van der Waals surface area contributed by atoms with Crippen LogP contribution in [-0.4, -0.2) is 23.1 Å². The second-order valence-corrected chi connectivity index (χ2v) is 9.33. The highest BCUT2D eigenvalue weighted by atomic mass is 35.5. The van der Waals surface area contributed by atoms with Crippen molar-refractivity contribution in [1.29, 1.82) is 0 Å². The predicted molar refractivity (Wildman–Crippen MR) is 125 cm³/mol. The van der Waals surface area contributed by atoms with E-state index in [1.165, 1.54) is 19.3 Å². The number of nitrogens with one attached hydrogen (secondary N) is 2. The van der Waals surface area contributed by atoms with Crippen LogP contribution in [0.2, 0.25) is 20.1 Å². The molecule has 3 aromatic rings. The molecular formula is C22H23Cl4N3O. The van der Waals surface area contributed by atoms with Crippen molar-refractivity contribution >= 4 is 57.4 Å². The van der Waals surface area contributed by atoms with Crippen LogP contribution in [0.25, 0.3) is 11.0 Å². The van der Waals surface area contributed by atoms with Gasteiger partial charge in [-0.25, -0.2) is 4.98 Å². The third-order valence-corrected chi connectivity index (χ3v) is 6.87. The highest BCUT2D eigenvalue weighted by molar-refractivity contribution is 6.43. The van der Waals surface area contributed by atoms with Gasteiger partial charge in [-0.05, 0) is 75.4 Å². The SMILES string of the molecule is Clc1ccc(OCc2nc3c(CCCC4CCCNC4)c(Cl)c(Cl)cc3[nH]2)c(Cl)c1. The molecule has 2 N–H and O–H groups in total. The van der Waals surface area contributed by atoms with Gasteiger partial charge >= 0.3 is 0 Å². The Labute approximate surface area is 196 Å². The van der Waals surface area contributed by atoms with E-state index in [4.69, 9.17) is 56.1 Å². The molecule has 1 atom stereocenters. The third kappa shape index (κ3) is 5.17. The summed E-state index contributed by atoms with van der Waals surface area (Å²) >= 11 is 25.1. The largest absolute Gasteiger partial charge is 0.484 e. The van der Waals surface area contributed by atoms with Crippen molar-refractivity contribution in [2.75, 3.05) is 13.1 Å². The number of hydrogen-bond donors (Lipinski definition) is 2. The molecule has 1 aliphatic rings. The number of aromatic nitrogens is 2. The zero-order chi connectivity index (χ0) is 21.1. The van der Waals surface area contributed by atoms with E-state index in [1.54, 1.807) is 18.2 Å². The number of imidazole rings is 1. The maximum atomic E-state index is 6.55. The van der Waals surface area contributed by atoms with Crippen molar-refractivity contribution in [3.63, 3.8) is 0 Å².